The molecule has 0 aromatic heterocycles. The van der Waals surface area contributed by atoms with Crippen LogP contribution in [0.5, 0.6) is 11.5 Å². The standard InChI is InChI=1S/C25H25ClN2O4S/c1-15-13-22(23(32-4)14-21(15)26)28-24(29)16(2)33-20-11-7-18(8-12-20)27-25(30)17-5-9-19(31-3)10-6-17/h5-14,16H,1-4H3,(H,27,30)(H,28,29). The number of anilines is 2. The van der Waals surface area contributed by atoms with Gasteiger partial charge in [-0.25, -0.2) is 0 Å². The number of ether oxygens (including phenoxy) is 2. The molecule has 172 valence electrons. The Balaban J connectivity index is 1.59. The number of nitrogens with one attached hydrogen (secondary N) is 2. The van der Waals surface area contributed by atoms with E-state index in [-0.39, 0.29) is 17.1 Å². The summed E-state index contributed by atoms with van der Waals surface area (Å²) in [5.41, 5.74) is 2.62. The number of rotatable bonds is 8. The lowest BCUT2D eigenvalue weighted by molar-refractivity contribution is -0.115. The van der Waals surface area contributed by atoms with Gasteiger partial charge in [-0.15, -0.1) is 11.8 Å². The van der Waals surface area contributed by atoms with Crippen LogP contribution >= 0.6 is 23.4 Å². The van der Waals surface area contributed by atoms with Crippen molar-refractivity contribution in [2.24, 2.45) is 0 Å². The largest absolute Gasteiger partial charge is 0.497 e. The number of amides is 2. The zero-order valence-electron chi connectivity index (χ0n) is 18.8. The third-order valence-electron chi connectivity index (χ3n) is 4.89. The smallest absolute Gasteiger partial charge is 0.255 e. The second kappa shape index (κ2) is 11.1. The molecule has 0 aliphatic heterocycles. The molecular weight excluding hydrogens is 460 g/mol. The van der Waals surface area contributed by atoms with Crippen molar-refractivity contribution in [1.29, 1.82) is 0 Å². The van der Waals surface area contributed by atoms with Crippen LogP contribution in [-0.4, -0.2) is 31.3 Å². The van der Waals surface area contributed by atoms with E-state index < -0.39 is 0 Å². The van der Waals surface area contributed by atoms with Gasteiger partial charge in [0.25, 0.3) is 5.91 Å². The Morgan fingerprint density at radius 2 is 1.61 bits per heavy atom. The van der Waals surface area contributed by atoms with E-state index in [0.29, 0.717) is 33.5 Å². The number of benzene rings is 3. The molecule has 0 saturated carbocycles. The van der Waals surface area contributed by atoms with Crippen molar-refractivity contribution in [2.75, 3.05) is 24.9 Å². The molecule has 0 heterocycles. The maximum Gasteiger partial charge on any atom is 0.255 e. The maximum atomic E-state index is 12.7. The van der Waals surface area contributed by atoms with Gasteiger partial charge in [-0.05, 0) is 74.0 Å². The van der Waals surface area contributed by atoms with E-state index in [4.69, 9.17) is 21.1 Å². The molecule has 0 bridgehead atoms. The summed E-state index contributed by atoms with van der Waals surface area (Å²) in [6.07, 6.45) is 0. The molecule has 0 radical (unpaired) electrons. The molecule has 33 heavy (non-hydrogen) atoms. The van der Waals surface area contributed by atoms with E-state index in [1.54, 1.807) is 55.6 Å². The normalized spacial score (nSPS) is 11.4. The van der Waals surface area contributed by atoms with Crippen LogP contribution in [-0.2, 0) is 4.79 Å². The Bertz CT molecular complexity index is 1130. The summed E-state index contributed by atoms with van der Waals surface area (Å²) in [5, 5.41) is 5.98. The van der Waals surface area contributed by atoms with Crippen molar-refractivity contribution >= 4 is 46.6 Å². The lowest BCUT2D eigenvalue weighted by Crippen LogP contribution is -2.22. The molecule has 3 aromatic carbocycles. The van der Waals surface area contributed by atoms with Crippen LogP contribution in [0.3, 0.4) is 0 Å². The van der Waals surface area contributed by atoms with Crippen molar-refractivity contribution in [1.82, 2.24) is 0 Å². The summed E-state index contributed by atoms with van der Waals surface area (Å²) in [5.74, 6) is 0.832. The zero-order valence-corrected chi connectivity index (χ0v) is 20.3. The highest BCUT2D eigenvalue weighted by Gasteiger charge is 2.17. The molecule has 6 nitrogen and oxygen atoms in total. The van der Waals surface area contributed by atoms with Crippen LogP contribution in [0.25, 0.3) is 0 Å². The molecule has 0 aliphatic rings. The van der Waals surface area contributed by atoms with E-state index in [9.17, 15) is 9.59 Å². The first-order valence-corrected chi connectivity index (χ1v) is 11.4. The fourth-order valence-corrected chi connectivity index (χ4v) is 4.01. The van der Waals surface area contributed by atoms with Gasteiger partial charge >= 0.3 is 0 Å². The van der Waals surface area contributed by atoms with Gasteiger partial charge in [-0.1, -0.05) is 11.6 Å². The fourth-order valence-electron chi connectivity index (χ4n) is 2.98. The third-order valence-corrected chi connectivity index (χ3v) is 6.40. The summed E-state index contributed by atoms with van der Waals surface area (Å²) in [4.78, 5) is 26.0. The van der Waals surface area contributed by atoms with Crippen molar-refractivity contribution in [3.63, 3.8) is 0 Å². The van der Waals surface area contributed by atoms with Crippen LogP contribution in [0.1, 0.15) is 22.8 Å². The summed E-state index contributed by atoms with van der Waals surface area (Å²) in [7, 11) is 3.11. The number of hydrogen-bond donors (Lipinski definition) is 2. The Kier molecular flexibility index (Phi) is 8.25. The molecule has 3 rings (SSSR count). The molecule has 1 unspecified atom stereocenters. The fraction of sp³-hybridized carbons (Fsp3) is 0.200. The maximum absolute atomic E-state index is 12.7. The minimum Gasteiger partial charge on any atom is -0.497 e. The lowest BCUT2D eigenvalue weighted by atomic mass is 10.2. The first-order valence-electron chi connectivity index (χ1n) is 10.2. The second-order valence-corrected chi connectivity index (χ2v) is 9.08. The molecule has 0 spiro atoms. The Morgan fingerprint density at radius 1 is 0.939 bits per heavy atom. The topological polar surface area (TPSA) is 76.7 Å². The number of thioether (sulfide) groups is 1. The molecule has 3 aromatic rings. The minimum absolute atomic E-state index is 0.156. The minimum atomic E-state index is -0.356. The van der Waals surface area contributed by atoms with Gasteiger partial charge in [0.15, 0.2) is 0 Å². The van der Waals surface area contributed by atoms with Gasteiger partial charge in [-0.3, -0.25) is 9.59 Å². The number of methoxy groups -OCH3 is 2. The Hall–Kier alpha value is -3.16. The van der Waals surface area contributed by atoms with Crippen LogP contribution in [0.2, 0.25) is 5.02 Å². The number of aryl methyl sites for hydroxylation is 1. The highest BCUT2D eigenvalue weighted by molar-refractivity contribution is 8.00. The zero-order chi connectivity index (χ0) is 24.0. The highest BCUT2D eigenvalue weighted by Crippen LogP contribution is 2.32. The van der Waals surface area contributed by atoms with Crippen LogP contribution in [0.4, 0.5) is 11.4 Å². The van der Waals surface area contributed by atoms with Crippen molar-refractivity contribution in [3.8, 4) is 11.5 Å². The first-order chi connectivity index (χ1) is 15.8. The lowest BCUT2D eigenvalue weighted by Gasteiger charge is -2.15. The number of halogens is 1. The van der Waals surface area contributed by atoms with E-state index >= 15 is 0 Å². The van der Waals surface area contributed by atoms with E-state index in [2.05, 4.69) is 10.6 Å². The summed E-state index contributed by atoms with van der Waals surface area (Å²) in [6.45, 7) is 3.69. The number of carbonyl (C=O) groups is 2. The third kappa shape index (κ3) is 6.43. The first kappa shape index (κ1) is 24.5. The second-order valence-electron chi connectivity index (χ2n) is 7.26. The van der Waals surface area contributed by atoms with Gasteiger partial charge in [0.2, 0.25) is 5.91 Å². The molecule has 1 atom stereocenters. The van der Waals surface area contributed by atoms with E-state index in [1.165, 1.54) is 18.9 Å². The Labute approximate surface area is 202 Å². The molecule has 2 N–H and O–H groups in total. The van der Waals surface area contributed by atoms with E-state index in [0.717, 1.165) is 10.5 Å². The van der Waals surface area contributed by atoms with Gasteiger partial charge in [0, 0.05) is 27.2 Å². The monoisotopic (exact) mass is 484 g/mol. The SMILES string of the molecule is COc1ccc(C(=O)Nc2ccc(SC(C)C(=O)Nc3cc(C)c(Cl)cc3OC)cc2)cc1. The quantitative estimate of drug-likeness (QED) is 0.381. The average Bonchev–Trinajstić information content (AvgIpc) is 2.82. The Morgan fingerprint density at radius 3 is 2.21 bits per heavy atom. The van der Waals surface area contributed by atoms with Gasteiger partial charge in [0.05, 0.1) is 25.2 Å². The molecule has 0 saturated heterocycles. The molecular formula is C25H25ClN2O4S. The van der Waals surface area contributed by atoms with Crippen molar-refractivity contribution in [3.05, 3.63) is 76.8 Å². The van der Waals surface area contributed by atoms with Crippen LogP contribution < -0.4 is 20.1 Å². The van der Waals surface area contributed by atoms with E-state index in [1.807, 2.05) is 26.0 Å². The molecule has 0 fully saturated rings. The van der Waals surface area contributed by atoms with Gasteiger partial charge in [-0.2, -0.15) is 0 Å². The molecule has 0 aliphatic carbocycles. The predicted molar refractivity (Wildman–Crippen MR) is 134 cm³/mol. The molecule has 2 amide bonds. The van der Waals surface area contributed by atoms with Gasteiger partial charge in [0.1, 0.15) is 11.5 Å². The van der Waals surface area contributed by atoms with Crippen molar-refractivity contribution in [2.45, 2.75) is 24.0 Å². The summed E-state index contributed by atoms with van der Waals surface area (Å²) in [6, 6.07) is 17.7. The molecule has 8 heteroatoms. The predicted octanol–water partition coefficient (Wildman–Crippen LogP) is 6.04. The number of carbonyl (C=O) groups excluding carboxylic acids is 2. The van der Waals surface area contributed by atoms with Crippen molar-refractivity contribution < 1.29 is 19.1 Å². The highest BCUT2D eigenvalue weighted by atomic mass is 35.5. The van der Waals surface area contributed by atoms with Crippen LogP contribution in [0, 0.1) is 6.92 Å². The summed E-state index contributed by atoms with van der Waals surface area (Å²) >= 11 is 7.55. The van der Waals surface area contributed by atoms with Gasteiger partial charge < -0.3 is 20.1 Å². The van der Waals surface area contributed by atoms with Crippen LogP contribution in [0.15, 0.2) is 65.6 Å². The number of hydrogen-bond acceptors (Lipinski definition) is 5. The average molecular weight is 485 g/mol. The summed E-state index contributed by atoms with van der Waals surface area (Å²) < 4.78 is 10.4.